The number of nitrogens with one attached hydrogen (secondary N) is 1. The minimum absolute atomic E-state index is 0.295. The van der Waals surface area contributed by atoms with Crippen molar-refractivity contribution in [2.45, 2.75) is 25.9 Å². The van der Waals surface area contributed by atoms with Gasteiger partial charge in [-0.1, -0.05) is 0 Å². The first-order valence-corrected chi connectivity index (χ1v) is 9.26. The van der Waals surface area contributed by atoms with Crippen LogP contribution >= 0.6 is 0 Å². The molecule has 0 radical (unpaired) electrons. The predicted octanol–water partition coefficient (Wildman–Crippen LogP) is 1.49. The third-order valence-electron chi connectivity index (χ3n) is 4.80. The number of hydrogen-bond donors (Lipinski definition) is 1. The molecule has 1 unspecified atom stereocenters. The number of aromatic nitrogens is 4. The zero-order chi connectivity index (χ0) is 17.8. The monoisotopic (exact) mass is 355 g/mol. The van der Waals surface area contributed by atoms with Gasteiger partial charge in [0.2, 0.25) is 5.95 Å². The van der Waals surface area contributed by atoms with E-state index in [1.807, 2.05) is 19.1 Å². The summed E-state index contributed by atoms with van der Waals surface area (Å²) in [5, 5.41) is 3.41. The number of rotatable bonds is 5. The summed E-state index contributed by atoms with van der Waals surface area (Å²) in [5.41, 5.74) is 0. The molecular formula is C18H25N7O. The van der Waals surface area contributed by atoms with E-state index in [0.29, 0.717) is 6.10 Å². The molecular weight excluding hydrogens is 330 g/mol. The van der Waals surface area contributed by atoms with E-state index in [-0.39, 0.29) is 0 Å². The molecule has 1 N–H and O–H groups in total. The predicted molar refractivity (Wildman–Crippen MR) is 101 cm³/mol. The summed E-state index contributed by atoms with van der Waals surface area (Å²) >= 11 is 0. The molecule has 2 saturated heterocycles. The number of piperazine rings is 1. The number of aryl methyl sites for hydroxylation is 1. The summed E-state index contributed by atoms with van der Waals surface area (Å²) in [6.45, 7) is 7.15. The van der Waals surface area contributed by atoms with E-state index in [9.17, 15) is 0 Å². The fraction of sp³-hybridized carbons (Fsp3) is 0.556. The highest BCUT2D eigenvalue weighted by Crippen LogP contribution is 2.20. The Hall–Kier alpha value is -2.48. The van der Waals surface area contributed by atoms with E-state index in [1.54, 1.807) is 12.4 Å². The standard InChI is InChI=1S/C18H25N7O/c1-14-22-16(21-13-15-4-2-11-26-15)12-17(23-14)24-7-9-25(10-8-24)18-19-5-3-6-20-18/h3,5-6,12,15H,2,4,7-11,13H2,1H3,(H,21,22,23). The van der Waals surface area contributed by atoms with Gasteiger partial charge in [0.1, 0.15) is 17.5 Å². The Balaban J connectivity index is 1.38. The van der Waals surface area contributed by atoms with Crippen molar-refractivity contribution < 1.29 is 4.74 Å². The van der Waals surface area contributed by atoms with Crippen LogP contribution in [-0.4, -0.2) is 65.4 Å². The fourth-order valence-electron chi connectivity index (χ4n) is 3.42. The van der Waals surface area contributed by atoms with E-state index in [0.717, 1.165) is 75.6 Å². The smallest absolute Gasteiger partial charge is 0.225 e. The van der Waals surface area contributed by atoms with Crippen LogP contribution in [0.25, 0.3) is 0 Å². The van der Waals surface area contributed by atoms with E-state index in [2.05, 4.69) is 35.1 Å². The minimum Gasteiger partial charge on any atom is -0.376 e. The van der Waals surface area contributed by atoms with Crippen LogP contribution in [0.5, 0.6) is 0 Å². The van der Waals surface area contributed by atoms with Crippen LogP contribution in [0, 0.1) is 6.92 Å². The maximum atomic E-state index is 5.67. The molecule has 0 saturated carbocycles. The summed E-state index contributed by atoms with van der Waals surface area (Å²) < 4.78 is 5.67. The number of nitrogens with zero attached hydrogens (tertiary/aromatic N) is 6. The van der Waals surface area contributed by atoms with Gasteiger partial charge >= 0.3 is 0 Å². The second-order valence-corrected chi connectivity index (χ2v) is 6.70. The van der Waals surface area contributed by atoms with Crippen LogP contribution in [0.4, 0.5) is 17.6 Å². The molecule has 0 spiro atoms. The fourth-order valence-corrected chi connectivity index (χ4v) is 3.42. The highest BCUT2D eigenvalue weighted by atomic mass is 16.5. The molecule has 0 aromatic carbocycles. The lowest BCUT2D eigenvalue weighted by atomic mass is 10.2. The van der Waals surface area contributed by atoms with Gasteiger partial charge in [0.25, 0.3) is 0 Å². The second kappa shape index (κ2) is 7.82. The normalized spacial score (nSPS) is 20.4. The van der Waals surface area contributed by atoms with Crippen LogP contribution in [0.15, 0.2) is 24.5 Å². The highest BCUT2D eigenvalue weighted by Gasteiger charge is 2.21. The van der Waals surface area contributed by atoms with Crippen LogP contribution < -0.4 is 15.1 Å². The Bertz CT molecular complexity index is 713. The lowest BCUT2D eigenvalue weighted by molar-refractivity contribution is 0.120. The van der Waals surface area contributed by atoms with Gasteiger partial charge in [-0.25, -0.2) is 19.9 Å². The van der Waals surface area contributed by atoms with E-state index >= 15 is 0 Å². The van der Waals surface area contributed by atoms with Crippen LogP contribution in [0.2, 0.25) is 0 Å². The topological polar surface area (TPSA) is 79.3 Å². The molecule has 8 nitrogen and oxygen atoms in total. The Morgan fingerprint density at radius 1 is 1.12 bits per heavy atom. The largest absolute Gasteiger partial charge is 0.376 e. The Morgan fingerprint density at radius 2 is 1.88 bits per heavy atom. The van der Waals surface area contributed by atoms with E-state index < -0.39 is 0 Å². The summed E-state index contributed by atoms with van der Waals surface area (Å²) in [7, 11) is 0. The van der Waals surface area contributed by atoms with Crippen molar-refractivity contribution in [1.29, 1.82) is 0 Å². The molecule has 8 heteroatoms. The van der Waals surface area contributed by atoms with Gasteiger partial charge in [-0.05, 0) is 25.8 Å². The zero-order valence-corrected chi connectivity index (χ0v) is 15.1. The van der Waals surface area contributed by atoms with Crippen molar-refractivity contribution in [2.24, 2.45) is 0 Å². The first-order chi connectivity index (χ1) is 12.8. The second-order valence-electron chi connectivity index (χ2n) is 6.70. The molecule has 1 atom stereocenters. The summed E-state index contributed by atoms with van der Waals surface area (Å²) in [6, 6.07) is 3.88. The molecule has 2 aliphatic heterocycles. The molecule has 2 aromatic heterocycles. The van der Waals surface area contributed by atoms with Crippen molar-refractivity contribution in [3.63, 3.8) is 0 Å². The van der Waals surface area contributed by atoms with Crippen LogP contribution in [0.3, 0.4) is 0 Å². The van der Waals surface area contributed by atoms with Gasteiger partial charge in [-0.2, -0.15) is 0 Å². The van der Waals surface area contributed by atoms with Gasteiger partial charge in [0.05, 0.1) is 6.10 Å². The van der Waals surface area contributed by atoms with Gasteiger partial charge in [0, 0.05) is 57.8 Å². The molecule has 4 heterocycles. The third-order valence-corrected chi connectivity index (χ3v) is 4.80. The Morgan fingerprint density at radius 3 is 2.62 bits per heavy atom. The first kappa shape index (κ1) is 17.0. The van der Waals surface area contributed by atoms with Crippen molar-refractivity contribution in [1.82, 2.24) is 19.9 Å². The lowest BCUT2D eigenvalue weighted by Crippen LogP contribution is -2.47. The molecule has 2 aromatic rings. The number of ether oxygens (including phenoxy) is 1. The maximum Gasteiger partial charge on any atom is 0.225 e. The van der Waals surface area contributed by atoms with Crippen molar-refractivity contribution in [2.75, 3.05) is 54.4 Å². The average Bonchev–Trinajstić information content (AvgIpc) is 3.20. The van der Waals surface area contributed by atoms with Gasteiger partial charge in [-0.15, -0.1) is 0 Å². The van der Waals surface area contributed by atoms with Gasteiger partial charge in [0.15, 0.2) is 0 Å². The molecule has 138 valence electrons. The Kier molecular flexibility index (Phi) is 5.10. The molecule has 0 bridgehead atoms. The molecule has 26 heavy (non-hydrogen) atoms. The molecule has 2 fully saturated rings. The number of hydrogen-bond acceptors (Lipinski definition) is 8. The van der Waals surface area contributed by atoms with Crippen molar-refractivity contribution in [3.05, 3.63) is 30.4 Å². The summed E-state index contributed by atoms with van der Waals surface area (Å²) in [4.78, 5) is 22.3. The SMILES string of the molecule is Cc1nc(NCC2CCCO2)cc(N2CCN(c3ncccn3)CC2)n1. The van der Waals surface area contributed by atoms with Crippen molar-refractivity contribution >= 4 is 17.6 Å². The van der Waals surface area contributed by atoms with Gasteiger partial charge in [-0.3, -0.25) is 0 Å². The summed E-state index contributed by atoms with van der Waals surface area (Å²) in [6.07, 6.45) is 6.13. The summed E-state index contributed by atoms with van der Waals surface area (Å²) in [5.74, 6) is 3.42. The minimum atomic E-state index is 0.295. The molecule has 2 aliphatic rings. The number of anilines is 3. The van der Waals surface area contributed by atoms with E-state index in [4.69, 9.17) is 4.74 Å². The highest BCUT2D eigenvalue weighted by molar-refractivity contribution is 5.50. The third kappa shape index (κ3) is 4.01. The quantitative estimate of drug-likeness (QED) is 0.864. The molecule has 4 rings (SSSR count). The van der Waals surface area contributed by atoms with Crippen molar-refractivity contribution in [3.8, 4) is 0 Å². The lowest BCUT2D eigenvalue weighted by Gasteiger charge is -2.35. The van der Waals surface area contributed by atoms with Crippen LogP contribution in [-0.2, 0) is 4.74 Å². The average molecular weight is 355 g/mol. The maximum absolute atomic E-state index is 5.67. The van der Waals surface area contributed by atoms with E-state index in [1.165, 1.54) is 0 Å². The molecule has 0 amide bonds. The Labute approximate surface area is 153 Å². The van der Waals surface area contributed by atoms with Gasteiger partial charge < -0.3 is 19.9 Å². The zero-order valence-electron chi connectivity index (χ0n) is 15.1. The molecule has 0 aliphatic carbocycles. The van der Waals surface area contributed by atoms with Crippen LogP contribution in [0.1, 0.15) is 18.7 Å². The first-order valence-electron chi connectivity index (χ1n) is 9.26.